The maximum atomic E-state index is 12.5. The third-order valence-corrected chi connectivity index (χ3v) is 5.46. The number of rotatable bonds is 7. The lowest BCUT2D eigenvalue weighted by Crippen LogP contribution is -2.30. The van der Waals surface area contributed by atoms with Crippen LogP contribution in [0.3, 0.4) is 0 Å². The number of aromatic nitrogens is 4. The van der Waals surface area contributed by atoms with E-state index in [4.69, 9.17) is 14.2 Å². The summed E-state index contributed by atoms with van der Waals surface area (Å²) < 4.78 is 12.4. The van der Waals surface area contributed by atoms with Crippen molar-refractivity contribution >= 4 is 22.6 Å². The minimum Gasteiger partial charge on any atom is -0.381 e. The van der Waals surface area contributed by atoms with Gasteiger partial charge in [-0.05, 0) is 33.1 Å². The van der Waals surface area contributed by atoms with Gasteiger partial charge in [-0.1, -0.05) is 12.1 Å². The van der Waals surface area contributed by atoms with Crippen molar-refractivity contribution in [1.29, 1.82) is 0 Å². The highest BCUT2D eigenvalue weighted by Gasteiger charge is 2.22. The number of carbonyl (C=O) groups excluding carboxylic acids is 1. The van der Waals surface area contributed by atoms with Crippen molar-refractivity contribution in [3.05, 3.63) is 35.0 Å². The van der Waals surface area contributed by atoms with Crippen LogP contribution in [0.1, 0.15) is 54.2 Å². The van der Waals surface area contributed by atoms with Gasteiger partial charge < -0.3 is 19.9 Å². The monoisotopic (exact) mass is 412 g/mol. The van der Waals surface area contributed by atoms with Gasteiger partial charge in [-0.2, -0.15) is 5.10 Å². The van der Waals surface area contributed by atoms with Gasteiger partial charge in [0.2, 0.25) is 0 Å². The van der Waals surface area contributed by atoms with Crippen molar-refractivity contribution in [3.8, 4) is 0 Å². The zero-order valence-electron chi connectivity index (χ0n) is 17.7. The molecule has 0 bridgehead atoms. The quantitative estimate of drug-likeness (QED) is 0.614. The van der Waals surface area contributed by atoms with E-state index in [-0.39, 0.29) is 11.6 Å². The summed E-state index contributed by atoms with van der Waals surface area (Å²) in [6.07, 6.45) is 4.50. The van der Waals surface area contributed by atoms with Crippen LogP contribution in [0.2, 0.25) is 0 Å². The van der Waals surface area contributed by atoms with Gasteiger partial charge in [-0.25, -0.2) is 9.67 Å². The Morgan fingerprint density at radius 2 is 2.10 bits per heavy atom. The molecule has 0 aromatic carbocycles. The van der Waals surface area contributed by atoms with Crippen molar-refractivity contribution in [2.45, 2.75) is 59.2 Å². The number of pyridine rings is 1. The molecule has 0 atom stereocenters. The van der Waals surface area contributed by atoms with E-state index in [1.165, 1.54) is 0 Å². The molecule has 1 saturated heterocycles. The Morgan fingerprint density at radius 3 is 2.77 bits per heavy atom. The second-order valence-electron chi connectivity index (χ2n) is 7.50. The first-order valence-electron chi connectivity index (χ1n) is 10.5. The van der Waals surface area contributed by atoms with Gasteiger partial charge in [-0.15, -0.1) is 0 Å². The normalized spacial score (nSPS) is 14.9. The number of amides is 1. The molecule has 9 nitrogen and oxygen atoms in total. The minimum atomic E-state index is -0.268. The number of fused-ring (bicyclic) bond motifs is 1. The van der Waals surface area contributed by atoms with Gasteiger partial charge >= 0.3 is 0 Å². The summed E-state index contributed by atoms with van der Waals surface area (Å²) in [5.74, 6) is 0.335. The summed E-state index contributed by atoms with van der Waals surface area (Å²) in [5, 5.41) is 16.0. The number of nitrogens with one attached hydrogen (secondary N) is 2. The number of hydrogen-bond acceptors (Lipinski definition) is 7. The zero-order valence-corrected chi connectivity index (χ0v) is 17.7. The van der Waals surface area contributed by atoms with Crippen LogP contribution < -0.4 is 10.6 Å². The highest BCUT2D eigenvalue weighted by Crippen LogP contribution is 2.31. The first kappa shape index (κ1) is 20.3. The van der Waals surface area contributed by atoms with E-state index >= 15 is 0 Å². The Hall–Kier alpha value is -2.94. The maximum Gasteiger partial charge on any atom is 0.273 e. The molecule has 30 heavy (non-hydrogen) atoms. The lowest BCUT2D eigenvalue weighted by molar-refractivity contribution is 0.0904. The van der Waals surface area contributed by atoms with Gasteiger partial charge in [-0.3, -0.25) is 4.79 Å². The molecular weight excluding hydrogens is 384 g/mol. The van der Waals surface area contributed by atoms with E-state index in [1.807, 2.05) is 10.9 Å². The predicted octanol–water partition coefficient (Wildman–Crippen LogP) is 2.83. The third kappa shape index (κ3) is 4.02. The Morgan fingerprint density at radius 1 is 1.30 bits per heavy atom. The molecule has 160 valence electrons. The van der Waals surface area contributed by atoms with Crippen molar-refractivity contribution in [2.24, 2.45) is 0 Å². The molecule has 0 saturated carbocycles. The average Bonchev–Trinajstić information content (AvgIpc) is 3.39. The smallest absolute Gasteiger partial charge is 0.273 e. The predicted molar refractivity (Wildman–Crippen MR) is 112 cm³/mol. The standard InChI is InChI=1S/C21H28N6O3/c1-4-17-15(11-22-21(28)18-10-13(3)30-26-18)19(24-14-6-8-29-9-7-14)16-12-23-27(5-2)20(16)25-17/h10,12,14H,4-9,11H2,1-3H3,(H,22,28)(H,24,25). The van der Waals surface area contributed by atoms with E-state index in [0.717, 1.165) is 67.0 Å². The Balaban J connectivity index is 1.69. The molecule has 2 N–H and O–H groups in total. The molecule has 1 aliphatic heterocycles. The number of carbonyl (C=O) groups is 1. The van der Waals surface area contributed by atoms with Crippen LogP contribution in [-0.4, -0.2) is 45.1 Å². The molecule has 3 aromatic rings. The average molecular weight is 412 g/mol. The number of anilines is 1. The fourth-order valence-corrected chi connectivity index (χ4v) is 3.83. The Labute approximate surface area is 175 Å². The van der Waals surface area contributed by atoms with Crippen LogP contribution in [0.15, 0.2) is 16.8 Å². The molecule has 1 aliphatic rings. The fraction of sp³-hybridized carbons (Fsp3) is 0.524. The van der Waals surface area contributed by atoms with Gasteiger partial charge in [0, 0.05) is 49.7 Å². The zero-order chi connectivity index (χ0) is 21.1. The number of ether oxygens (including phenoxy) is 1. The second kappa shape index (κ2) is 8.83. The van der Waals surface area contributed by atoms with E-state index < -0.39 is 0 Å². The Bertz CT molecular complexity index is 1030. The van der Waals surface area contributed by atoms with E-state index in [9.17, 15) is 4.79 Å². The summed E-state index contributed by atoms with van der Waals surface area (Å²) in [7, 11) is 0. The largest absolute Gasteiger partial charge is 0.381 e. The van der Waals surface area contributed by atoms with Gasteiger partial charge in [0.25, 0.3) is 5.91 Å². The third-order valence-electron chi connectivity index (χ3n) is 5.46. The van der Waals surface area contributed by atoms with E-state index in [0.29, 0.717) is 18.3 Å². The Kier molecular flexibility index (Phi) is 5.98. The minimum absolute atomic E-state index is 0.268. The van der Waals surface area contributed by atoms with Gasteiger partial charge in [0.15, 0.2) is 11.3 Å². The van der Waals surface area contributed by atoms with Crippen molar-refractivity contribution in [3.63, 3.8) is 0 Å². The molecule has 9 heteroatoms. The van der Waals surface area contributed by atoms with Crippen LogP contribution >= 0.6 is 0 Å². The summed E-state index contributed by atoms with van der Waals surface area (Å²) in [5.41, 5.74) is 4.08. The lowest BCUT2D eigenvalue weighted by atomic mass is 10.0. The number of nitrogens with zero attached hydrogens (tertiary/aromatic N) is 4. The van der Waals surface area contributed by atoms with Crippen LogP contribution in [-0.2, 0) is 24.2 Å². The van der Waals surface area contributed by atoms with Crippen molar-refractivity contribution in [2.75, 3.05) is 18.5 Å². The van der Waals surface area contributed by atoms with E-state index in [2.05, 4.69) is 34.7 Å². The maximum absolute atomic E-state index is 12.5. The number of aryl methyl sites for hydroxylation is 3. The molecule has 0 spiro atoms. The van der Waals surface area contributed by atoms with Crippen molar-refractivity contribution < 1.29 is 14.1 Å². The highest BCUT2D eigenvalue weighted by molar-refractivity contribution is 5.94. The highest BCUT2D eigenvalue weighted by atomic mass is 16.5. The summed E-state index contributed by atoms with van der Waals surface area (Å²) >= 11 is 0. The molecule has 0 radical (unpaired) electrons. The van der Waals surface area contributed by atoms with Crippen LogP contribution in [0.4, 0.5) is 5.69 Å². The first-order valence-corrected chi connectivity index (χ1v) is 10.5. The second-order valence-corrected chi connectivity index (χ2v) is 7.50. The lowest BCUT2D eigenvalue weighted by Gasteiger charge is -2.26. The molecular formula is C21H28N6O3. The summed E-state index contributed by atoms with van der Waals surface area (Å²) in [4.78, 5) is 17.4. The molecule has 0 unspecified atom stereocenters. The molecule has 3 aromatic heterocycles. The fourth-order valence-electron chi connectivity index (χ4n) is 3.83. The van der Waals surface area contributed by atoms with Gasteiger partial charge in [0.1, 0.15) is 5.76 Å². The SMILES string of the molecule is CCc1nc2c(cnn2CC)c(NC2CCOCC2)c1CNC(=O)c1cc(C)on1. The molecule has 1 amide bonds. The van der Waals surface area contributed by atoms with E-state index in [1.54, 1.807) is 13.0 Å². The summed E-state index contributed by atoms with van der Waals surface area (Å²) in [6.45, 7) is 8.48. The molecule has 0 aliphatic carbocycles. The van der Waals surface area contributed by atoms with Crippen LogP contribution in [0.25, 0.3) is 11.0 Å². The van der Waals surface area contributed by atoms with Crippen molar-refractivity contribution in [1.82, 2.24) is 25.2 Å². The van der Waals surface area contributed by atoms with Crippen LogP contribution in [0.5, 0.6) is 0 Å². The summed E-state index contributed by atoms with van der Waals surface area (Å²) in [6, 6.07) is 1.94. The number of hydrogen-bond donors (Lipinski definition) is 2. The van der Waals surface area contributed by atoms with Gasteiger partial charge in [0.05, 0.1) is 17.3 Å². The molecule has 4 rings (SSSR count). The first-order chi connectivity index (χ1) is 14.6. The van der Waals surface area contributed by atoms with Crippen LogP contribution in [0, 0.1) is 6.92 Å². The molecule has 1 fully saturated rings. The topological polar surface area (TPSA) is 107 Å². The molecule has 4 heterocycles.